The molecule has 2 nitrogen and oxygen atoms in total. The second-order valence-corrected chi connectivity index (χ2v) is 5.32. The molecule has 1 saturated heterocycles. The Bertz CT molecular complexity index is 488. The van der Waals surface area contributed by atoms with Crippen LogP contribution in [0.3, 0.4) is 0 Å². The lowest BCUT2D eigenvalue weighted by Crippen LogP contribution is -2.40. The first kappa shape index (κ1) is 11.8. The largest absolute Gasteiger partial charge is 0.459 e. The molecule has 2 heteroatoms. The first-order valence-corrected chi connectivity index (χ1v) is 7.08. The molecule has 0 radical (unpaired) electrons. The Kier molecular flexibility index (Phi) is 3.13. The Labute approximate surface area is 108 Å². The quantitative estimate of drug-likeness (QED) is 0.855. The summed E-state index contributed by atoms with van der Waals surface area (Å²) in [5.41, 5.74) is 1.06. The van der Waals surface area contributed by atoms with E-state index < -0.39 is 0 Å². The lowest BCUT2D eigenvalue weighted by atomic mass is 9.88. The second kappa shape index (κ2) is 4.77. The Morgan fingerprint density at radius 3 is 2.94 bits per heavy atom. The summed E-state index contributed by atoms with van der Waals surface area (Å²) in [6.45, 7) is 3.36. The minimum absolute atomic E-state index is 0.0511. The fourth-order valence-corrected chi connectivity index (χ4v) is 3.05. The van der Waals surface area contributed by atoms with Gasteiger partial charge in [-0.1, -0.05) is 38.0 Å². The van der Waals surface area contributed by atoms with Gasteiger partial charge >= 0.3 is 0 Å². The molecule has 1 N–H and O–H groups in total. The van der Waals surface area contributed by atoms with Crippen LogP contribution in [0.5, 0.6) is 0 Å². The average Bonchev–Trinajstić information content (AvgIpc) is 2.70. The van der Waals surface area contributed by atoms with Crippen LogP contribution in [0.15, 0.2) is 34.7 Å². The van der Waals surface area contributed by atoms with Gasteiger partial charge in [-0.15, -0.1) is 0 Å². The van der Waals surface area contributed by atoms with Crippen molar-refractivity contribution < 1.29 is 4.42 Å². The molecule has 18 heavy (non-hydrogen) atoms. The summed E-state index contributed by atoms with van der Waals surface area (Å²) in [6, 6.07) is 10.5. The lowest BCUT2D eigenvalue weighted by molar-refractivity contribution is 0.259. The fraction of sp³-hybridized carbons (Fsp3) is 0.500. The lowest BCUT2D eigenvalue weighted by Gasteiger charge is -2.30. The fourth-order valence-electron chi connectivity index (χ4n) is 3.05. The third kappa shape index (κ3) is 1.95. The Morgan fingerprint density at radius 2 is 2.11 bits per heavy atom. The molecule has 1 atom stereocenters. The summed E-state index contributed by atoms with van der Waals surface area (Å²) in [7, 11) is 0. The molecule has 0 saturated carbocycles. The van der Waals surface area contributed by atoms with Crippen molar-refractivity contribution in [1.29, 1.82) is 0 Å². The summed E-state index contributed by atoms with van der Waals surface area (Å²) in [4.78, 5) is 0. The molecule has 2 heterocycles. The molecule has 1 aliphatic heterocycles. The van der Waals surface area contributed by atoms with Gasteiger partial charge in [-0.2, -0.15) is 0 Å². The van der Waals surface area contributed by atoms with Crippen LogP contribution in [0.25, 0.3) is 11.0 Å². The van der Waals surface area contributed by atoms with E-state index in [1.165, 1.54) is 31.1 Å². The van der Waals surface area contributed by atoms with Crippen molar-refractivity contribution in [2.45, 2.75) is 44.6 Å². The van der Waals surface area contributed by atoms with E-state index in [1.807, 2.05) is 6.07 Å². The molecule has 96 valence electrons. The predicted octanol–water partition coefficient (Wildman–Crippen LogP) is 4.20. The van der Waals surface area contributed by atoms with Gasteiger partial charge in [-0.05, 0) is 37.9 Å². The summed E-state index contributed by atoms with van der Waals surface area (Å²) in [5.74, 6) is 1.12. The van der Waals surface area contributed by atoms with Crippen LogP contribution in [0.4, 0.5) is 0 Å². The zero-order valence-electron chi connectivity index (χ0n) is 11.0. The number of hydrogen-bond acceptors (Lipinski definition) is 2. The van der Waals surface area contributed by atoms with Crippen LogP contribution in [0.1, 0.15) is 44.8 Å². The minimum atomic E-state index is 0.0511. The number of para-hydroxylation sites is 1. The maximum atomic E-state index is 6.09. The zero-order chi connectivity index (χ0) is 12.4. The summed E-state index contributed by atoms with van der Waals surface area (Å²) < 4.78 is 6.09. The van der Waals surface area contributed by atoms with Crippen LogP contribution >= 0.6 is 0 Å². The topological polar surface area (TPSA) is 25.2 Å². The maximum absolute atomic E-state index is 6.09. The van der Waals surface area contributed by atoms with E-state index in [-0.39, 0.29) is 5.54 Å². The first-order valence-electron chi connectivity index (χ1n) is 7.08. The maximum Gasteiger partial charge on any atom is 0.134 e. The number of nitrogens with one attached hydrogen (secondary N) is 1. The Morgan fingerprint density at radius 1 is 1.22 bits per heavy atom. The van der Waals surface area contributed by atoms with E-state index in [0.717, 1.165) is 24.3 Å². The molecule has 1 unspecified atom stereocenters. The zero-order valence-corrected chi connectivity index (χ0v) is 11.0. The molecular formula is C16H21NO. The van der Waals surface area contributed by atoms with Gasteiger partial charge in [0, 0.05) is 5.39 Å². The highest BCUT2D eigenvalue weighted by atomic mass is 16.3. The van der Waals surface area contributed by atoms with Gasteiger partial charge in [0.15, 0.2) is 0 Å². The molecule has 1 fully saturated rings. The Balaban J connectivity index is 2.03. The molecule has 1 aromatic heterocycles. The van der Waals surface area contributed by atoms with Crippen molar-refractivity contribution >= 4 is 11.0 Å². The van der Waals surface area contributed by atoms with E-state index in [2.05, 4.69) is 36.5 Å². The van der Waals surface area contributed by atoms with Crippen molar-refractivity contribution in [2.24, 2.45) is 0 Å². The summed E-state index contributed by atoms with van der Waals surface area (Å²) >= 11 is 0. The standard InChI is InChI=1S/C16H21NO/c1-2-16(10-6-3-7-11-17-16)15-12-13-8-4-5-9-14(13)18-15/h4-5,8-9,12,17H,2-3,6-7,10-11H2,1H3. The van der Waals surface area contributed by atoms with Crippen molar-refractivity contribution in [2.75, 3.05) is 6.54 Å². The number of furan rings is 1. The van der Waals surface area contributed by atoms with E-state index in [1.54, 1.807) is 0 Å². The molecule has 0 spiro atoms. The summed E-state index contributed by atoms with van der Waals surface area (Å²) in [6.07, 6.45) is 6.17. The second-order valence-electron chi connectivity index (χ2n) is 5.32. The van der Waals surface area contributed by atoms with E-state index >= 15 is 0 Å². The summed E-state index contributed by atoms with van der Waals surface area (Å²) in [5, 5.41) is 4.94. The van der Waals surface area contributed by atoms with Crippen molar-refractivity contribution in [3.05, 3.63) is 36.1 Å². The van der Waals surface area contributed by atoms with Crippen LogP contribution in [0.2, 0.25) is 0 Å². The van der Waals surface area contributed by atoms with Gasteiger partial charge in [0.1, 0.15) is 11.3 Å². The normalized spacial score (nSPS) is 25.2. The molecule has 0 amide bonds. The average molecular weight is 243 g/mol. The highest BCUT2D eigenvalue weighted by molar-refractivity contribution is 5.78. The van der Waals surface area contributed by atoms with Gasteiger partial charge in [-0.25, -0.2) is 0 Å². The SMILES string of the molecule is CCC1(c2cc3ccccc3o2)CCCCCN1. The smallest absolute Gasteiger partial charge is 0.134 e. The molecule has 3 rings (SSSR count). The number of rotatable bonds is 2. The van der Waals surface area contributed by atoms with Crippen LogP contribution < -0.4 is 5.32 Å². The Hall–Kier alpha value is -1.28. The van der Waals surface area contributed by atoms with Gasteiger partial charge in [0.2, 0.25) is 0 Å². The molecular weight excluding hydrogens is 222 g/mol. The van der Waals surface area contributed by atoms with E-state index in [4.69, 9.17) is 4.42 Å². The monoisotopic (exact) mass is 243 g/mol. The first-order chi connectivity index (χ1) is 8.84. The third-order valence-corrected chi connectivity index (χ3v) is 4.24. The molecule has 0 bridgehead atoms. The van der Waals surface area contributed by atoms with E-state index in [9.17, 15) is 0 Å². The number of benzene rings is 1. The van der Waals surface area contributed by atoms with Crippen molar-refractivity contribution in [3.8, 4) is 0 Å². The number of fused-ring (bicyclic) bond motifs is 1. The van der Waals surface area contributed by atoms with Crippen molar-refractivity contribution in [1.82, 2.24) is 5.32 Å². The third-order valence-electron chi connectivity index (χ3n) is 4.24. The number of hydrogen-bond donors (Lipinski definition) is 1. The van der Waals surface area contributed by atoms with Crippen LogP contribution in [-0.4, -0.2) is 6.54 Å². The molecule has 1 aromatic carbocycles. The van der Waals surface area contributed by atoms with Gasteiger partial charge in [0.05, 0.1) is 5.54 Å². The van der Waals surface area contributed by atoms with Gasteiger partial charge in [-0.3, -0.25) is 0 Å². The van der Waals surface area contributed by atoms with Crippen LogP contribution in [-0.2, 0) is 5.54 Å². The highest BCUT2D eigenvalue weighted by Gasteiger charge is 2.33. The molecule has 0 aliphatic carbocycles. The van der Waals surface area contributed by atoms with E-state index in [0.29, 0.717) is 0 Å². The molecule has 1 aliphatic rings. The van der Waals surface area contributed by atoms with Crippen molar-refractivity contribution in [3.63, 3.8) is 0 Å². The minimum Gasteiger partial charge on any atom is -0.459 e. The van der Waals surface area contributed by atoms with Gasteiger partial charge in [0.25, 0.3) is 0 Å². The van der Waals surface area contributed by atoms with Crippen LogP contribution in [0, 0.1) is 0 Å². The highest BCUT2D eigenvalue weighted by Crippen LogP contribution is 2.36. The predicted molar refractivity (Wildman–Crippen MR) is 74.7 cm³/mol. The molecule has 2 aromatic rings. The van der Waals surface area contributed by atoms with Gasteiger partial charge < -0.3 is 9.73 Å².